The van der Waals surface area contributed by atoms with Gasteiger partial charge >= 0.3 is 12.3 Å². The second-order valence-electron chi connectivity index (χ2n) is 3.88. The van der Waals surface area contributed by atoms with Gasteiger partial charge < -0.3 is 15.2 Å². The zero-order valence-corrected chi connectivity index (χ0v) is 12.5. The maximum Gasteiger partial charge on any atom is 0.573 e. The van der Waals surface area contributed by atoms with Gasteiger partial charge in [-0.05, 0) is 30.7 Å². The van der Waals surface area contributed by atoms with Crippen LogP contribution < -0.4 is 10.5 Å². The lowest BCUT2D eigenvalue weighted by atomic mass is 10.0. The van der Waals surface area contributed by atoms with E-state index in [2.05, 4.69) is 4.74 Å². The molecule has 0 aliphatic rings. The molecule has 21 heavy (non-hydrogen) atoms. The first kappa shape index (κ1) is 19.8. The molecule has 9 heteroatoms. The molecule has 0 aromatic heterocycles. The van der Waals surface area contributed by atoms with Crippen molar-refractivity contribution in [3.05, 3.63) is 28.8 Å². The van der Waals surface area contributed by atoms with Gasteiger partial charge in [0.2, 0.25) is 0 Å². The van der Waals surface area contributed by atoms with E-state index in [1.54, 1.807) is 6.92 Å². The Bertz CT molecular complexity index is 483. The van der Waals surface area contributed by atoms with Crippen LogP contribution in [0.1, 0.15) is 24.9 Å². The molecular formula is C12H14Cl2F3NO3. The number of alkyl halides is 3. The Morgan fingerprint density at radius 1 is 1.38 bits per heavy atom. The van der Waals surface area contributed by atoms with Crippen LogP contribution in [0.15, 0.2) is 18.2 Å². The molecule has 0 unspecified atom stereocenters. The van der Waals surface area contributed by atoms with Gasteiger partial charge in [0.15, 0.2) is 0 Å². The number of benzene rings is 1. The summed E-state index contributed by atoms with van der Waals surface area (Å²) in [5.41, 5.74) is 5.99. The number of halogens is 5. The van der Waals surface area contributed by atoms with Crippen molar-refractivity contribution in [2.24, 2.45) is 5.73 Å². The van der Waals surface area contributed by atoms with E-state index in [1.165, 1.54) is 6.07 Å². The predicted molar refractivity (Wildman–Crippen MR) is 73.6 cm³/mol. The maximum absolute atomic E-state index is 12.1. The average molecular weight is 348 g/mol. The van der Waals surface area contributed by atoms with Crippen molar-refractivity contribution in [3.8, 4) is 5.75 Å². The summed E-state index contributed by atoms with van der Waals surface area (Å²) in [6.07, 6.45) is -4.99. The Morgan fingerprint density at radius 3 is 2.52 bits per heavy atom. The normalized spacial score (nSPS) is 12.3. The van der Waals surface area contributed by atoms with E-state index < -0.39 is 24.1 Å². The van der Waals surface area contributed by atoms with E-state index in [1.807, 2.05) is 0 Å². The first-order valence-electron chi connectivity index (χ1n) is 5.68. The van der Waals surface area contributed by atoms with Gasteiger partial charge in [0, 0.05) is 11.1 Å². The first-order chi connectivity index (χ1) is 9.21. The zero-order chi connectivity index (χ0) is 15.3. The van der Waals surface area contributed by atoms with Crippen LogP contribution in [-0.4, -0.2) is 18.9 Å². The van der Waals surface area contributed by atoms with E-state index in [4.69, 9.17) is 22.1 Å². The van der Waals surface area contributed by atoms with Crippen LogP contribution >= 0.6 is 24.0 Å². The van der Waals surface area contributed by atoms with Gasteiger partial charge in [-0.3, -0.25) is 4.79 Å². The standard InChI is InChI=1S/C12H13ClF3NO3.ClH/c1-2-19-11(18)6-10(17)7-3-8(13)5-9(4-7)20-12(14,15)16;/h3-5,10H,2,6,17H2,1H3;1H/t10-;/m0./s1. The highest BCUT2D eigenvalue weighted by atomic mass is 35.5. The van der Waals surface area contributed by atoms with Crippen LogP contribution in [-0.2, 0) is 9.53 Å². The minimum atomic E-state index is -4.83. The molecule has 1 atom stereocenters. The maximum atomic E-state index is 12.1. The molecule has 0 heterocycles. The molecule has 0 saturated heterocycles. The second kappa shape index (κ2) is 8.31. The highest BCUT2D eigenvalue weighted by Crippen LogP contribution is 2.29. The van der Waals surface area contributed by atoms with Gasteiger partial charge in [0.25, 0.3) is 0 Å². The lowest BCUT2D eigenvalue weighted by molar-refractivity contribution is -0.274. The number of esters is 1. The largest absolute Gasteiger partial charge is 0.573 e. The van der Waals surface area contributed by atoms with Gasteiger partial charge in [-0.2, -0.15) is 0 Å². The molecule has 0 bridgehead atoms. The van der Waals surface area contributed by atoms with Crippen molar-refractivity contribution in [3.63, 3.8) is 0 Å². The molecule has 0 aliphatic heterocycles. The Morgan fingerprint density at radius 2 is 2.00 bits per heavy atom. The number of hydrogen-bond donors (Lipinski definition) is 1. The van der Waals surface area contributed by atoms with Crippen molar-refractivity contribution in [2.75, 3.05) is 6.61 Å². The van der Waals surface area contributed by atoms with E-state index in [0.29, 0.717) is 0 Å². The van der Waals surface area contributed by atoms with E-state index in [9.17, 15) is 18.0 Å². The van der Waals surface area contributed by atoms with Crippen LogP contribution in [0.4, 0.5) is 13.2 Å². The minimum Gasteiger partial charge on any atom is -0.466 e. The molecule has 1 aromatic rings. The first-order valence-corrected chi connectivity index (χ1v) is 6.06. The molecule has 0 amide bonds. The molecule has 0 fully saturated rings. The third-order valence-electron chi connectivity index (χ3n) is 2.25. The number of rotatable bonds is 5. The number of nitrogens with two attached hydrogens (primary N) is 1. The molecule has 1 rings (SSSR count). The predicted octanol–water partition coefficient (Wildman–Crippen LogP) is 3.61. The molecule has 0 saturated carbocycles. The summed E-state index contributed by atoms with van der Waals surface area (Å²) in [6, 6.07) is 2.64. The summed E-state index contributed by atoms with van der Waals surface area (Å²) in [7, 11) is 0. The Labute approximate surface area is 130 Å². The van der Waals surface area contributed by atoms with Gasteiger partial charge in [0.1, 0.15) is 5.75 Å². The zero-order valence-electron chi connectivity index (χ0n) is 10.9. The quantitative estimate of drug-likeness (QED) is 0.826. The smallest absolute Gasteiger partial charge is 0.466 e. The van der Waals surface area contributed by atoms with Crippen LogP contribution in [0, 0.1) is 0 Å². The summed E-state index contributed by atoms with van der Waals surface area (Å²) < 4.78 is 44.9. The number of ether oxygens (including phenoxy) is 2. The molecule has 4 nitrogen and oxygen atoms in total. The summed E-state index contributed by atoms with van der Waals surface area (Å²) in [4.78, 5) is 11.3. The SMILES string of the molecule is CCOC(=O)C[C@H](N)c1cc(Cl)cc(OC(F)(F)F)c1.Cl. The van der Waals surface area contributed by atoms with Crippen LogP contribution in [0.2, 0.25) is 5.02 Å². The third-order valence-corrected chi connectivity index (χ3v) is 2.47. The van der Waals surface area contributed by atoms with Gasteiger partial charge in [-0.1, -0.05) is 11.6 Å². The fourth-order valence-electron chi connectivity index (χ4n) is 1.51. The third kappa shape index (κ3) is 7.40. The average Bonchev–Trinajstić information content (AvgIpc) is 2.25. The Kier molecular flexibility index (Phi) is 7.84. The topological polar surface area (TPSA) is 61.5 Å². The van der Waals surface area contributed by atoms with Crippen LogP contribution in [0.3, 0.4) is 0 Å². The molecule has 2 N–H and O–H groups in total. The van der Waals surface area contributed by atoms with Crippen LogP contribution in [0.5, 0.6) is 5.75 Å². The summed E-state index contributed by atoms with van der Waals surface area (Å²) >= 11 is 5.70. The van der Waals surface area contributed by atoms with Gasteiger partial charge in [0.05, 0.1) is 13.0 Å². The monoisotopic (exact) mass is 347 g/mol. The van der Waals surface area contributed by atoms with Crippen LogP contribution in [0.25, 0.3) is 0 Å². The minimum absolute atomic E-state index is 0. The molecule has 0 radical (unpaired) electrons. The lowest BCUT2D eigenvalue weighted by Gasteiger charge is -2.14. The fraction of sp³-hybridized carbons (Fsp3) is 0.417. The molecule has 1 aromatic carbocycles. The Balaban J connectivity index is 0.00000400. The molecule has 120 valence electrons. The van der Waals surface area contributed by atoms with Gasteiger partial charge in [-0.15, -0.1) is 25.6 Å². The van der Waals surface area contributed by atoms with Crippen molar-refractivity contribution >= 4 is 30.0 Å². The number of carbonyl (C=O) groups is 1. The van der Waals surface area contributed by atoms with Gasteiger partial charge in [-0.25, -0.2) is 0 Å². The number of hydrogen-bond acceptors (Lipinski definition) is 4. The fourth-order valence-corrected chi connectivity index (χ4v) is 1.74. The van der Waals surface area contributed by atoms with E-state index in [-0.39, 0.29) is 36.0 Å². The molecular weight excluding hydrogens is 334 g/mol. The number of carbonyl (C=O) groups excluding carboxylic acids is 1. The van der Waals surface area contributed by atoms with E-state index >= 15 is 0 Å². The van der Waals surface area contributed by atoms with Crippen molar-refractivity contribution in [2.45, 2.75) is 25.7 Å². The summed E-state index contributed by atoms with van der Waals surface area (Å²) in [5.74, 6) is -1.03. The van der Waals surface area contributed by atoms with Crippen molar-refractivity contribution in [1.82, 2.24) is 0 Å². The highest BCUT2D eigenvalue weighted by molar-refractivity contribution is 6.30. The summed E-state index contributed by atoms with van der Waals surface area (Å²) in [5, 5.41) is 0.0288. The Hall–Kier alpha value is -1.18. The summed E-state index contributed by atoms with van der Waals surface area (Å²) in [6.45, 7) is 1.83. The molecule has 0 spiro atoms. The highest BCUT2D eigenvalue weighted by Gasteiger charge is 2.31. The van der Waals surface area contributed by atoms with Crippen molar-refractivity contribution in [1.29, 1.82) is 0 Å². The van der Waals surface area contributed by atoms with E-state index in [0.717, 1.165) is 12.1 Å². The second-order valence-corrected chi connectivity index (χ2v) is 4.32. The molecule has 0 aliphatic carbocycles. The van der Waals surface area contributed by atoms with Crippen molar-refractivity contribution < 1.29 is 27.4 Å². The lowest BCUT2D eigenvalue weighted by Crippen LogP contribution is -2.19.